The number of amidine groups is 1. The molecule has 20 heavy (non-hydrogen) atoms. The van der Waals surface area contributed by atoms with Gasteiger partial charge in [0.25, 0.3) is 0 Å². The zero-order valence-electron chi connectivity index (χ0n) is 11.4. The molecule has 3 N–H and O–H groups in total. The van der Waals surface area contributed by atoms with Gasteiger partial charge in [0.15, 0.2) is 0 Å². The molecule has 0 bridgehead atoms. The van der Waals surface area contributed by atoms with Crippen molar-refractivity contribution in [1.29, 1.82) is 5.41 Å². The van der Waals surface area contributed by atoms with Gasteiger partial charge in [-0.1, -0.05) is 6.92 Å². The Kier molecular flexibility index (Phi) is 4.39. The highest BCUT2D eigenvalue weighted by atomic mass is 79.9. The van der Waals surface area contributed by atoms with Crippen LogP contribution in [0.1, 0.15) is 23.9 Å². The molecule has 0 saturated carbocycles. The highest BCUT2D eigenvalue weighted by Crippen LogP contribution is 2.28. The van der Waals surface area contributed by atoms with Crippen molar-refractivity contribution in [2.45, 2.75) is 20.3 Å². The fourth-order valence-corrected chi connectivity index (χ4v) is 2.42. The third-order valence-corrected chi connectivity index (χ3v) is 3.52. The molecule has 0 aliphatic rings. The van der Waals surface area contributed by atoms with E-state index < -0.39 is 0 Å². The van der Waals surface area contributed by atoms with E-state index in [1.807, 2.05) is 26.0 Å². The van der Waals surface area contributed by atoms with Crippen LogP contribution in [0.25, 0.3) is 0 Å². The van der Waals surface area contributed by atoms with E-state index in [2.05, 4.69) is 20.9 Å². The molecule has 0 amide bonds. The van der Waals surface area contributed by atoms with E-state index in [4.69, 9.17) is 15.9 Å². The lowest BCUT2D eigenvalue weighted by atomic mass is 10.2. The van der Waals surface area contributed by atoms with E-state index in [-0.39, 0.29) is 5.84 Å². The lowest BCUT2D eigenvalue weighted by molar-refractivity contribution is 0.472. The Hall–Kier alpha value is -1.88. The molecule has 0 spiro atoms. The molecule has 1 heterocycles. The number of nitrogens with one attached hydrogen (secondary N) is 1. The van der Waals surface area contributed by atoms with Gasteiger partial charge in [-0.3, -0.25) is 10.4 Å². The molecule has 0 aliphatic heterocycles. The summed E-state index contributed by atoms with van der Waals surface area (Å²) in [4.78, 5) is 4.47. The number of nitrogens with zero attached hydrogens (tertiary/aromatic N) is 1. The number of nitrogens with two attached hydrogens (primary N) is 1. The molecule has 0 atom stereocenters. The van der Waals surface area contributed by atoms with Crippen LogP contribution in [-0.2, 0) is 6.42 Å². The topological polar surface area (TPSA) is 72.0 Å². The zero-order valence-corrected chi connectivity index (χ0v) is 13.0. The number of nitrogen functional groups attached to an aromatic ring is 1. The molecule has 5 heteroatoms. The van der Waals surface area contributed by atoms with Crippen LogP contribution < -0.4 is 10.5 Å². The smallest absolute Gasteiger partial charge is 0.148 e. The maximum Gasteiger partial charge on any atom is 0.148 e. The Balaban J connectivity index is 2.31. The van der Waals surface area contributed by atoms with Crippen LogP contribution in [0, 0.1) is 12.3 Å². The van der Waals surface area contributed by atoms with E-state index in [0.717, 1.165) is 28.0 Å². The SMILES string of the molecule is CCc1nc(C)ccc1Oc1ccc(C(=N)N)c(Br)c1. The van der Waals surface area contributed by atoms with Gasteiger partial charge in [0, 0.05) is 15.7 Å². The molecule has 1 aromatic heterocycles. The Morgan fingerprint density at radius 2 is 2.10 bits per heavy atom. The summed E-state index contributed by atoms with van der Waals surface area (Å²) in [6, 6.07) is 9.20. The van der Waals surface area contributed by atoms with Gasteiger partial charge in [-0.15, -0.1) is 0 Å². The molecule has 1 aromatic carbocycles. The number of halogens is 1. The second-order valence-corrected chi connectivity index (χ2v) is 5.26. The number of aromatic nitrogens is 1. The molecular weight excluding hydrogens is 318 g/mol. The van der Waals surface area contributed by atoms with E-state index >= 15 is 0 Å². The lowest BCUT2D eigenvalue weighted by Gasteiger charge is -2.11. The molecule has 0 fully saturated rings. The summed E-state index contributed by atoms with van der Waals surface area (Å²) in [6.07, 6.45) is 0.809. The van der Waals surface area contributed by atoms with Gasteiger partial charge in [0.05, 0.1) is 5.69 Å². The average Bonchev–Trinajstić information content (AvgIpc) is 2.40. The number of ether oxygens (including phenoxy) is 1. The Bertz CT molecular complexity index is 656. The van der Waals surface area contributed by atoms with E-state index in [1.165, 1.54) is 0 Å². The van der Waals surface area contributed by atoms with Crippen LogP contribution in [-0.4, -0.2) is 10.8 Å². The fraction of sp³-hybridized carbons (Fsp3) is 0.200. The summed E-state index contributed by atoms with van der Waals surface area (Å²) in [6.45, 7) is 4.00. The van der Waals surface area contributed by atoms with Crippen molar-refractivity contribution in [3.8, 4) is 11.5 Å². The van der Waals surface area contributed by atoms with Crippen LogP contribution in [0.3, 0.4) is 0 Å². The minimum Gasteiger partial charge on any atom is -0.455 e. The second-order valence-electron chi connectivity index (χ2n) is 4.41. The first-order valence-electron chi connectivity index (χ1n) is 6.29. The average molecular weight is 334 g/mol. The quantitative estimate of drug-likeness (QED) is 0.660. The number of pyridine rings is 1. The highest BCUT2D eigenvalue weighted by Gasteiger charge is 2.08. The van der Waals surface area contributed by atoms with Gasteiger partial charge in [0.2, 0.25) is 0 Å². The monoisotopic (exact) mass is 333 g/mol. The summed E-state index contributed by atoms with van der Waals surface area (Å²) in [7, 11) is 0. The van der Waals surface area contributed by atoms with Crippen molar-refractivity contribution in [1.82, 2.24) is 4.98 Å². The van der Waals surface area contributed by atoms with Crippen molar-refractivity contribution in [3.05, 3.63) is 51.8 Å². The number of hydrogen-bond acceptors (Lipinski definition) is 3. The van der Waals surface area contributed by atoms with Gasteiger partial charge in [-0.25, -0.2) is 0 Å². The molecule has 2 aromatic rings. The van der Waals surface area contributed by atoms with Crippen LogP contribution in [0.5, 0.6) is 11.5 Å². The Morgan fingerprint density at radius 3 is 2.70 bits per heavy atom. The molecule has 0 saturated heterocycles. The maximum absolute atomic E-state index is 7.45. The summed E-state index contributed by atoms with van der Waals surface area (Å²) in [5.74, 6) is 1.46. The molecule has 2 rings (SSSR count). The van der Waals surface area contributed by atoms with E-state index in [0.29, 0.717) is 11.3 Å². The third kappa shape index (κ3) is 3.17. The van der Waals surface area contributed by atoms with Gasteiger partial charge >= 0.3 is 0 Å². The molecule has 104 valence electrons. The van der Waals surface area contributed by atoms with Gasteiger partial charge < -0.3 is 10.5 Å². The van der Waals surface area contributed by atoms with E-state index in [9.17, 15) is 0 Å². The van der Waals surface area contributed by atoms with Crippen molar-refractivity contribution < 1.29 is 4.74 Å². The zero-order chi connectivity index (χ0) is 14.7. The summed E-state index contributed by atoms with van der Waals surface area (Å²) >= 11 is 3.39. The summed E-state index contributed by atoms with van der Waals surface area (Å²) in [5.41, 5.74) is 8.03. The number of benzene rings is 1. The predicted molar refractivity (Wildman–Crippen MR) is 83.6 cm³/mol. The molecule has 0 radical (unpaired) electrons. The minimum atomic E-state index is 0.0228. The minimum absolute atomic E-state index is 0.0228. The molecular formula is C15H16BrN3O. The first kappa shape index (κ1) is 14.5. The van der Waals surface area contributed by atoms with Crippen LogP contribution >= 0.6 is 15.9 Å². The van der Waals surface area contributed by atoms with Crippen molar-refractivity contribution in [2.24, 2.45) is 5.73 Å². The maximum atomic E-state index is 7.45. The summed E-state index contributed by atoms with van der Waals surface area (Å²) in [5, 5.41) is 7.45. The third-order valence-electron chi connectivity index (χ3n) is 2.87. The van der Waals surface area contributed by atoms with Crippen molar-refractivity contribution >= 4 is 21.8 Å². The van der Waals surface area contributed by atoms with Crippen molar-refractivity contribution in [2.75, 3.05) is 0 Å². The molecule has 0 unspecified atom stereocenters. The number of aryl methyl sites for hydroxylation is 2. The Labute approximate surface area is 126 Å². The van der Waals surface area contributed by atoms with Gasteiger partial charge in [0.1, 0.15) is 17.3 Å². The van der Waals surface area contributed by atoms with E-state index in [1.54, 1.807) is 18.2 Å². The van der Waals surface area contributed by atoms with Crippen LogP contribution in [0.4, 0.5) is 0 Å². The predicted octanol–water partition coefficient (Wildman–Crippen LogP) is 3.79. The van der Waals surface area contributed by atoms with Gasteiger partial charge in [-0.2, -0.15) is 0 Å². The van der Waals surface area contributed by atoms with Gasteiger partial charge in [-0.05, 0) is 59.6 Å². The standard InChI is InChI=1S/C15H16BrN3O/c1-3-13-14(7-4-9(2)19-13)20-10-5-6-11(15(17)18)12(16)8-10/h4-8H,3H2,1-2H3,(H3,17,18). The fourth-order valence-electron chi connectivity index (χ4n) is 1.85. The van der Waals surface area contributed by atoms with Crippen molar-refractivity contribution in [3.63, 3.8) is 0 Å². The molecule has 4 nitrogen and oxygen atoms in total. The largest absolute Gasteiger partial charge is 0.455 e. The molecule has 0 aliphatic carbocycles. The van der Waals surface area contributed by atoms with Crippen LogP contribution in [0.2, 0.25) is 0 Å². The number of hydrogen-bond donors (Lipinski definition) is 2. The first-order valence-corrected chi connectivity index (χ1v) is 7.09. The summed E-state index contributed by atoms with van der Waals surface area (Å²) < 4.78 is 6.60. The first-order chi connectivity index (χ1) is 9.51. The number of rotatable bonds is 4. The van der Waals surface area contributed by atoms with Crippen LogP contribution in [0.15, 0.2) is 34.8 Å². The lowest BCUT2D eigenvalue weighted by Crippen LogP contribution is -2.11. The second kappa shape index (κ2) is 6.05. The normalized spacial score (nSPS) is 10.3. The Morgan fingerprint density at radius 1 is 1.35 bits per heavy atom. The highest BCUT2D eigenvalue weighted by molar-refractivity contribution is 9.10.